The van der Waals surface area contributed by atoms with E-state index in [2.05, 4.69) is 58.8 Å². The Labute approximate surface area is 125 Å². The lowest BCUT2D eigenvalue weighted by atomic mass is 10.1. The second kappa shape index (κ2) is 5.83. The van der Waals surface area contributed by atoms with Crippen molar-refractivity contribution in [1.29, 1.82) is 0 Å². The van der Waals surface area contributed by atoms with Crippen LogP contribution in [0.2, 0.25) is 0 Å². The third-order valence-corrected chi connectivity index (χ3v) is 3.51. The molecule has 3 rings (SSSR count). The fourth-order valence-electron chi connectivity index (χ4n) is 2.43. The van der Waals surface area contributed by atoms with E-state index in [9.17, 15) is 0 Å². The number of hydrogen-bond acceptors (Lipinski definition) is 3. The van der Waals surface area contributed by atoms with Crippen molar-refractivity contribution < 1.29 is 0 Å². The summed E-state index contributed by atoms with van der Waals surface area (Å²) in [6.45, 7) is 0.831. The number of aromatic nitrogens is 1. The minimum absolute atomic E-state index is 0.831. The standard InChI is InChI=1S/C18H19N3/c1-21(2)18-17-9-8-16(12-15(17)10-11-19-18)20-13-14-6-4-3-5-7-14/h3-12,20H,13H2,1-2H3. The number of rotatable bonds is 4. The summed E-state index contributed by atoms with van der Waals surface area (Å²) in [5.41, 5.74) is 2.41. The average molecular weight is 277 g/mol. The van der Waals surface area contributed by atoms with E-state index < -0.39 is 0 Å². The molecule has 106 valence electrons. The molecule has 1 aromatic heterocycles. The topological polar surface area (TPSA) is 28.2 Å². The lowest BCUT2D eigenvalue weighted by Gasteiger charge is -2.14. The summed E-state index contributed by atoms with van der Waals surface area (Å²) in [7, 11) is 4.03. The first-order chi connectivity index (χ1) is 10.2. The number of nitrogens with one attached hydrogen (secondary N) is 1. The van der Waals surface area contributed by atoms with Gasteiger partial charge < -0.3 is 10.2 Å². The second-order valence-electron chi connectivity index (χ2n) is 5.30. The van der Waals surface area contributed by atoms with E-state index in [0.29, 0.717) is 0 Å². The first kappa shape index (κ1) is 13.4. The second-order valence-corrected chi connectivity index (χ2v) is 5.30. The van der Waals surface area contributed by atoms with Crippen LogP contribution in [0.4, 0.5) is 11.5 Å². The number of nitrogens with zero attached hydrogens (tertiary/aromatic N) is 2. The Balaban J connectivity index is 1.85. The summed E-state index contributed by atoms with van der Waals surface area (Å²) in [5.74, 6) is 1.00. The Morgan fingerprint density at radius 2 is 1.81 bits per heavy atom. The molecular formula is C18H19N3. The van der Waals surface area contributed by atoms with Crippen LogP contribution in [0, 0.1) is 0 Å². The summed E-state index contributed by atoms with van der Waals surface area (Å²) in [5, 5.41) is 5.84. The van der Waals surface area contributed by atoms with Crippen LogP contribution in [-0.2, 0) is 6.54 Å². The van der Waals surface area contributed by atoms with E-state index >= 15 is 0 Å². The van der Waals surface area contributed by atoms with Gasteiger partial charge in [-0.2, -0.15) is 0 Å². The third kappa shape index (κ3) is 2.97. The molecule has 1 N–H and O–H groups in total. The summed E-state index contributed by atoms with van der Waals surface area (Å²) in [6.07, 6.45) is 1.86. The molecule has 0 aliphatic heterocycles. The van der Waals surface area contributed by atoms with E-state index in [-0.39, 0.29) is 0 Å². The highest BCUT2D eigenvalue weighted by molar-refractivity contribution is 5.94. The predicted octanol–water partition coefficient (Wildman–Crippen LogP) is 3.91. The molecule has 0 bridgehead atoms. The van der Waals surface area contributed by atoms with Crippen LogP contribution in [0.3, 0.4) is 0 Å². The average Bonchev–Trinajstić information content (AvgIpc) is 2.53. The van der Waals surface area contributed by atoms with Crippen molar-refractivity contribution in [3.05, 3.63) is 66.4 Å². The van der Waals surface area contributed by atoms with Crippen molar-refractivity contribution in [3.63, 3.8) is 0 Å². The summed E-state index contributed by atoms with van der Waals surface area (Å²) in [6, 6.07) is 18.9. The van der Waals surface area contributed by atoms with Gasteiger partial charge in [-0.05, 0) is 35.2 Å². The molecule has 0 atom stereocenters. The molecule has 0 aliphatic rings. The summed E-state index contributed by atoms with van der Waals surface area (Å²) >= 11 is 0. The third-order valence-electron chi connectivity index (χ3n) is 3.51. The van der Waals surface area contributed by atoms with Gasteiger partial charge >= 0.3 is 0 Å². The van der Waals surface area contributed by atoms with Gasteiger partial charge in [-0.1, -0.05) is 30.3 Å². The quantitative estimate of drug-likeness (QED) is 0.783. The SMILES string of the molecule is CN(C)c1nccc2cc(NCc3ccccc3)ccc12. The molecule has 0 spiro atoms. The van der Waals surface area contributed by atoms with Crippen molar-refractivity contribution >= 4 is 22.3 Å². The molecule has 3 nitrogen and oxygen atoms in total. The maximum Gasteiger partial charge on any atom is 0.135 e. The zero-order valence-corrected chi connectivity index (χ0v) is 12.4. The number of pyridine rings is 1. The van der Waals surface area contributed by atoms with Crippen LogP contribution >= 0.6 is 0 Å². The van der Waals surface area contributed by atoms with Gasteiger partial charge in [0.25, 0.3) is 0 Å². The Hall–Kier alpha value is -2.55. The largest absolute Gasteiger partial charge is 0.381 e. The number of benzene rings is 2. The Morgan fingerprint density at radius 1 is 1.00 bits per heavy atom. The highest BCUT2D eigenvalue weighted by Crippen LogP contribution is 2.25. The van der Waals surface area contributed by atoms with Crippen LogP contribution < -0.4 is 10.2 Å². The minimum atomic E-state index is 0.831. The van der Waals surface area contributed by atoms with Gasteiger partial charge in [-0.15, -0.1) is 0 Å². The minimum Gasteiger partial charge on any atom is -0.381 e. The molecule has 0 unspecified atom stereocenters. The summed E-state index contributed by atoms with van der Waals surface area (Å²) in [4.78, 5) is 6.48. The van der Waals surface area contributed by atoms with Crippen molar-refractivity contribution in [1.82, 2.24) is 4.98 Å². The van der Waals surface area contributed by atoms with Crippen LogP contribution in [0.1, 0.15) is 5.56 Å². The zero-order valence-electron chi connectivity index (χ0n) is 12.4. The lowest BCUT2D eigenvalue weighted by molar-refractivity contribution is 1.08. The lowest BCUT2D eigenvalue weighted by Crippen LogP contribution is -2.10. The van der Waals surface area contributed by atoms with E-state index in [0.717, 1.165) is 18.1 Å². The van der Waals surface area contributed by atoms with Gasteiger partial charge in [-0.3, -0.25) is 0 Å². The zero-order chi connectivity index (χ0) is 14.7. The molecule has 0 amide bonds. The Morgan fingerprint density at radius 3 is 2.57 bits per heavy atom. The monoisotopic (exact) mass is 277 g/mol. The van der Waals surface area contributed by atoms with Gasteiger partial charge in [0.05, 0.1) is 0 Å². The number of hydrogen-bond donors (Lipinski definition) is 1. The molecule has 21 heavy (non-hydrogen) atoms. The molecule has 2 aromatic carbocycles. The predicted molar refractivity (Wildman–Crippen MR) is 89.8 cm³/mol. The van der Waals surface area contributed by atoms with Gasteiger partial charge in [0.1, 0.15) is 5.82 Å². The molecule has 3 aromatic rings. The molecule has 0 fully saturated rings. The first-order valence-corrected chi connectivity index (χ1v) is 7.08. The Kier molecular flexibility index (Phi) is 3.73. The molecule has 0 saturated carbocycles. The van der Waals surface area contributed by atoms with Crippen molar-refractivity contribution in [2.75, 3.05) is 24.3 Å². The van der Waals surface area contributed by atoms with E-state index in [1.54, 1.807) is 0 Å². The molecule has 0 radical (unpaired) electrons. The smallest absolute Gasteiger partial charge is 0.135 e. The van der Waals surface area contributed by atoms with Crippen LogP contribution in [0.25, 0.3) is 10.8 Å². The maximum atomic E-state index is 4.44. The van der Waals surface area contributed by atoms with Gasteiger partial charge in [-0.25, -0.2) is 4.98 Å². The van der Waals surface area contributed by atoms with Crippen molar-refractivity contribution in [2.24, 2.45) is 0 Å². The highest BCUT2D eigenvalue weighted by Gasteiger charge is 2.04. The number of fused-ring (bicyclic) bond motifs is 1. The molecular weight excluding hydrogens is 258 g/mol. The highest BCUT2D eigenvalue weighted by atomic mass is 15.1. The number of anilines is 2. The van der Waals surface area contributed by atoms with E-state index in [1.165, 1.54) is 16.3 Å². The fourth-order valence-corrected chi connectivity index (χ4v) is 2.43. The van der Waals surface area contributed by atoms with Crippen LogP contribution in [-0.4, -0.2) is 19.1 Å². The Bertz CT molecular complexity index is 736. The van der Waals surface area contributed by atoms with Crippen molar-refractivity contribution in [3.8, 4) is 0 Å². The molecule has 0 aliphatic carbocycles. The molecule has 0 saturated heterocycles. The van der Waals surface area contributed by atoms with Crippen LogP contribution in [0.15, 0.2) is 60.8 Å². The first-order valence-electron chi connectivity index (χ1n) is 7.08. The maximum absolute atomic E-state index is 4.44. The summed E-state index contributed by atoms with van der Waals surface area (Å²) < 4.78 is 0. The van der Waals surface area contributed by atoms with E-state index in [1.807, 2.05) is 31.3 Å². The van der Waals surface area contributed by atoms with Crippen molar-refractivity contribution in [2.45, 2.75) is 6.54 Å². The van der Waals surface area contributed by atoms with E-state index in [4.69, 9.17) is 0 Å². The van der Waals surface area contributed by atoms with Gasteiger partial charge in [0, 0.05) is 37.9 Å². The normalized spacial score (nSPS) is 10.6. The van der Waals surface area contributed by atoms with Crippen LogP contribution in [0.5, 0.6) is 0 Å². The van der Waals surface area contributed by atoms with Gasteiger partial charge in [0.2, 0.25) is 0 Å². The molecule has 1 heterocycles. The van der Waals surface area contributed by atoms with Gasteiger partial charge in [0.15, 0.2) is 0 Å². The molecule has 3 heteroatoms. The fraction of sp³-hybridized carbons (Fsp3) is 0.167.